The number of esters is 1. The van der Waals surface area contributed by atoms with Crippen LogP contribution in [-0.2, 0) is 14.3 Å². The fourth-order valence-corrected chi connectivity index (χ4v) is 0.984. The molecule has 0 aliphatic rings. The minimum atomic E-state index is -0.323. The van der Waals surface area contributed by atoms with Crippen molar-refractivity contribution in [2.75, 3.05) is 6.61 Å². The van der Waals surface area contributed by atoms with Gasteiger partial charge in [0.05, 0.1) is 6.61 Å². The van der Waals surface area contributed by atoms with Crippen LogP contribution in [0.1, 0.15) is 33.6 Å². The second-order valence-electron chi connectivity index (χ2n) is 3.80. The predicted octanol–water partition coefficient (Wildman–Crippen LogP) is 2.98. The van der Waals surface area contributed by atoms with Crippen LogP contribution in [0, 0.1) is 0 Å². The zero-order valence-electron chi connectivity index (χ0n) is 10.7. The van der Waals surface area contributed by atoms with Gasteiger partial charge in [-0.3, -0.25) is 4.79 Å². The molecule has 0 unspecified atom stereocenters. The lowest BCUT2D eigenvalue weighted by Gasteiger charge is -1.99. The van der Waals surface area contributed by atoms with E-state index >= 15 is 0 Å². The van der Waals surface area contributed by atoms with Crippen molar-refractivity contribution in [2.45, 2.75) is 33.6 Å². The number of allylic oxidation sites excluding steroid dienone is 5. The summed E-state index contributed by atoms with van der Waals surface area (Å²) in [5, 5.41) is 0. The number of carbonyl (C=O) groups is 2. The molecule has 0 fully saturated rings. The van der Waals surface area contributed by atoms with Crippen molar-refractivity contribution in [3.05, 3.63) is 35.5 Å². The van der Waals surface area contributed by atoms with Crippen LogP contribution in [0.3, 0.4) is 0 Å². The number of unbranched alkanes of at least 4 members (excludes halogenated alkanes) is 1. The van der Waals surface area contributed by atoms with Crippen LogP contribution in [0.25, 0.3) is 0 Å². The van der Waals surface area contributed by atoms with Crippen LogP contribution in [0.5, 0.6) is 0 Å². The maximum absolute atomic E-state index is 11.3. The van der Waals surface area contributed by atoms with Gasteiger partial charge in [0.15, 0.2) is 0 Å². The number of hydrogen-bond donors (Lipinski definition) is 0. The lowest BCUT2D eigenvalue weighted by atomic mass is 10.2. The number of ether oxygens (including phenoxy) is 1. The molecule has 0 rings (SSSR count). The summed E-state index contributed by atoms with van der Waals surface area (Å²) in [4.78, 5) is 21.6. The van der Waals surface area contributed by atoms with E-state index in [4.69, 9.17) is 4.74 Å². The molecule has 17 heavy (non-hydrogen) atoms. The van der Waals surface area contributed by atoms with Gasteiger partial charge in [-0.25, -0.2) is 4.79 Å². The summed E-state index contributed by atoms with van der Waals surface area (Å²) >= 11 is 0. The monoisotopic (exact) mass is 236 g/mol. The topological polar surface area (TPSA) is 43.4 Å². The number of aldehydes is 1. The Morgan fingerprint density at radius 1 is 1.24 bits per heavy atom. The molecule has 0 saturated carbocycles. The van der Waals surface area contributed by atoms with Gasteiger partial charge in [-0.15, -0.1) is 0 Å². The number of hydrogen-bond acceptors (Lipinski definition) is 3. The van der Waals surface area contributed by atoms with Gasteiger partial charge in [0.1, 0.15) is 6.29 Å². The molecule has 3 heteroatoms. The zero-order valence-corrected chi connectivity index (χ0v) is 10.7. The zero-order chi connectivity index (χ0) is 13.1. The highest BCUT2D eigenvalue weighted by molar-refractivity contribution is 5.83. The van der Waals surface area contributed by atoms with E-state index in [1.165, 1.54) is 6.08 Å². The van der Waals surface area contributed by atoms with E-state index in [0.717, 1.165) is 24.7 Å². The first-order valence-electron chi connectivity index (χ1n) is 5.75. The third-order valence-corrected chi connectivity index (χ3v) is 1.99. The molecule has 0 spiro atoms. The average molecular weight is 236 g/mol. The molecular formula is C14H20O3. The molecule has 0 aromatic rings. The molecule has 0 amide bonds. The maximum atomic E-state index is 11.3. The Morgan fingerprint density at radius 2 is 1.94 bits per heavy atom. The van der Waals surface area contributed by atoms with Crippen molar-refractivity contribution in [3.8, 4) is 0 Å². The fourth-order valence-electron chi connectivity index (χ4n) is 0.984. The van der Waals surface area contributed by atoms with Gasteiger partial charge < -0.3 is 4.74 Å². The summed E-state index contributed by atoms with van der Waals surface area (Å²) in [6.07, 6.45) is 9.29. The SMILES string of the molecule is CCCCOC(=O)C=C(C)C=CC=C(C)C=O. The quantitative estimate of drug-likeness (QED) is 0.224. The Morgan fingerprint density at radius 3 is 2.53 bits per heavy atom. The van der Waals surface area contributed by atoms with Gasteiger partial charge in [-0.05, 0) is 31.4 Å². The molecule has 0 atom stereocenters. The van der Waals surface area contributed by atoms with Crippen molar-refractivity contribution in [2.24, 2.45) is 0 Å². The molecule has 0 N–H and O–H groups in total. The summed E-state index contributed by atoms with van der Waals surface area (Å²) in [5.41, 5.74) is 1.43. The first-order chi connectivity index (χ1) is 8.10. The number of carbonyl (C=O) groups excluding carboxylic acids is 2. The van der Waals surface area contributed by atoms with Crippen molar-refractivity contribution < 1.29 is 14.3 Å². The largest absolute Gasteiger partial charge is 0.463 e. The van der Waals surface area contributed by atoms with E-state index in [1.807, 2.05) is 13.8 Å². The van der Waals surface area contributed by atoms with Gasteiger partial charge in [-0.2, -0.15) is 0 Å². The van der Waals surface area contributed by atoms with Gasteiger partial charge in [0.25, 0.3) is 0 Å². The molecule has 0 aliphatic heterocycles. The molecule has 0 saturated heterocycles. The minimum absolute atomic E-state index is 0.323. The Hall–Kier alpha value is -1.64. The molecule has 3 nitrogen and oxygen atoms in total. The smallest absolute Gasteiger partial charge is 0.331 e. The van der Waals surface area contributed by atoms with Crippen LogP contribution in [-0.4, -0.2) is 18.9 Å². The van der Waals surface area contributed by atoms with Crippen LogP contribution < -0.4 is 0 Å². The maximum Gasteiger partial charge on any atom is 0.331 e. The molecule has 0 radical (unpaired) electrons. The average Bonchev–Trinajstić information content (AvgIpc) is 2.29. The molecule has 0 aliphatic carbocycles. The Kier molecular flexibility index (Phi) is 8.65. The van der Waals surface area contributed by atoms with E-state index in [-0.39, 0.29) is 5.97 Å². The van der Waals surface area contributed by atoms with E-state index in [1.54, 1.807) is 25.2 Å². The Bertz CT molecular complexity index is 335. The highest BCUT2D eigenvalue weighted by Crippen LogP contribution is 1.98. The molecule has 0 heterocycles. The second kappa shape index (κ2) is 9.58. The fraction of sp³-hybridized carbons (Fsp3) is 0.429. The molecule has 0 bridgehead atoms. The minimum Gasteiger partial charge on any atom is -0.463 e. The van der Waals surface area contributed by atoms with Crippen molar-refractivity contribution in [1.82, 2.24) is 0 Å². The van der Waals surface area contributed by atoms with Crippen LogP contribution in [0.2, 0.25) is 0 Å². The van der Waals surface area contributed by atoms with Crippen LogP contribution in [0.15, 0.2) is 35.5 Å². The molecule has 0 aromatic carbocycles. The van der Waals surface area contributed by atoms with Crippen molar-refractivity contribution in [1.29, 1.82) is 0 Å². The van der Waals surface area contributed by atoms with Crippen LogP contribution >= 0.6 is 0 Å². The first kappa shape index (κ1) is 15.4. The summed E-state index contributed by atoms with van der Waals surface area (Å²) < 4.78 is 4.98. The molecule has 94 valence electrons. The standard InChI is InChI=1S/C14H20O3/c1-4-5-9-17-14(16)10-12(2)7-6-8-13(3)11-15/h6-8,10-11H,4-5,9H2,1-3H3. The first-order valence-corrected chi connectivity index (χ1v) is 5.75. The summed E-state index contributed by atoms with van der Waals surface area (Å²) in [7, 11) is 0. The van der Waals surface area contributed by atoms with Crippen molar-refractivity contribution in [3.63, 3.8) is 0 Å². The summed E-state index contributed by atoms with van der Waals surface area (Å²) in [6.45, 7) is 6.03. The van der Waals surface area contributed by atoms with Gasteiger partial charge in [-0.1, -0.05) is 31.6 Å². The highest BCUT2D eigenvalue weighted by Gasteiger charge is 1.96. The van der Waals surface area contributed by atoms with E-state index in [9.17, 15) is 9.59 Å². The van der Waals surface area contributed by atoms with Gasteiger partial charge >= 0.3 is 5.97 Å². The van der Waals surface area contributed by atoms with Crippen LogP contribution in [0.4, 0.5) is 0 Å². The lowest BCUT2D eigenvalue weighted by molar-refractivity contribution is -0.137. The Balaban J connectivity index is 4.16. The lowest BCUT2D eigenvalue weighted by Crippen LogP contribution is -2.02. The highest BCUT2D eigenvalue weighted by atomic mass is 16.5. The third kappa shape index (κ3) is 9.30. The Labute approximate surface area is 103 Å². The summed E-state index contributed by atoms with van der Waals surface area (Å²) in [5.74, 6) is -0.323. The molecular weight excluding hydrogens is 216 g/mol. The van der Waals surface area contributed by atoms with E-state index < -0.39 is 0 Å². The summed E-state index contributed by atoms with van der Waals surface area (Å²) in [6, 6.07) is 0. The van der Waals surface area contributed by atoms with Crippen molar-refractivity contribution >= 4 is 12.3 Å². The van der Waals surface area contributed by atoms with E-state index in [2.05, 4.69) is 0 Å². The normalized spacial score (nSPS) is 12.9. The van der Waals surface area contributed by atoms with Gasteiger partial charge in [0, 0.05) is 6.08 Å². The predicted molar refractivity (Wildman–Crippen MR) is 68.6 cm³/mol. The third-order valence-electron chi connectivity index (χ3n) is 1.99. The number of rotatable bonds is 7. The van der Waals surface area contributed by atoms with Gasteiger partial charge in [0.2, 0.25) is 0 Å². The second-order valence-corrected chi connectivity index (χ2v) is 3.80. The van der Waals surface area contributed by atoms with E-state index in [0.29, 0.717) is 12.2 Å². The molecule has 0 aromatic heterocycles.